The van der Waals surface area contributed by atoms with Gasteiger partial charge in [0, 0.05) is 11.3 Å². The topological polar surface area (TPSA) is 64.1 Å². The zero-order valence-corrected chi connectivity index (χ0v) is 20.1. The number of carbonyl (C=O) groups excluding carboxylic acids is 1. The number of thioether (sulfide) groups is 1. The predicted octanol–water partition coefficient (Wildman–Crippen LogP) is 6.36. The Kier molecular flexibility index (Phi) is 9.90. The summed E-state index contributed by atoms with van der Waals surface area (Å²) in [5.41, 5.74) is 4.08. The molecule has 0 aliphatic carbocycles. The number of rotatable bonds is 9. The number of carbonyl (C=O) groups is 1. The van der Waals surface area contributed by atoms with Gasteiger partial charge in [0.2, 0.25) is 0 Å². The minimum Gasteiger partial charge on any atom is -0.444 e. The fourth-order valence-corrected chi connectivity index (χ4v) is 3.23. The van der Waals surface area contributed by atoms with Crippen molar-refractivity contribution in [1.29, 1.82) is 0 Å². The lowest BCUT2D eigenvalue weighted by Gasteiger charge is -2.19. The number of aromatic nitrogens is 2. The minimum absolute atomic E-state index is 0.233. The fraction of sp³-hybridized carbons (Fsp3) is 0.609. The average Bonchev–Trinajstić information content (AvgIpc) is 2.62. The standard InChI is InChI=1S/C23H37N3O2S/c1-10-16(4)14-29-21-18(6)19(12-11-17(5)15(2)3)25-20(26-21)13-24-22(27)28-23(7,8)9/h14-15H,5,10-13H2,1-4,6-9H3,(H,24,27)/b16-14+. The molecular formula is C23H37N3O2S. The highest BCUT2D eigenvalue weighted by atomic mass is 32.2. The molecule has 0 fully saturated rings. The first-order chi connectivity index (χ1) is 13.4. The highest BCUT2D eigenvalue weighted by molar-refractivity contribution is 8.02. The molecule has 0 spiro atoms. The van der Waals surface area contributed by atoms with Gasteiger partial charge in [0.05, 0.1) is 6.54 Å². The lowest BCUT2D eigenvalue weighted by molar-refractivity contribution is 0.0522. The highest BCUT2D eigenvalue weighted by Crippen LogP contribution is 2.26. The molecule has 0 radical (unpaired) electrons. The van der Waals surface area contributed by atoms with Crippen LogP contribution in [-0.4, -0.2) is 21.7 Å². The van der Waals surface area contributed by atoms with Crippen LogP contribution in [0.5, 0.6) is 0 Å². The number of aryl methyl sites for hydroxylation is 1. The lowest BCUT2D eigenvalue weighted by Crippen LogP contribution is -2.32. The first-order valence-electron chi connectivity index (χ1n) is 10.3. The quantitative estimate of drug-likeness (QED) is 0.286. The van der Waals surface area contributed by atoms with Crippen LogP contribution < -0.4 is 5.32 Å². The smallest absolute Gasteiger partial charge is 0.408 e. The molecule has 0 aliphatic rings. The van der Waals surface area contributed by atoms with Crippen molar-refractivity contribution >= 4 is 17.9 Å². The Bertz CT molecular complexity index is 749. The minimum atomic E-state index is -0.538. The molecule has 0 aromatic carbocycles. The number of hydrogen-bond donors (Lipinski definition) is 1. The summed E-state index contributed by atoms with van der Waals surface area (Å²) in [5.74, 6) is 1.05. The van der Waals surface area contributed by atoms with Gasteiger partial charge in [-0.3, -0.25) is 0 Å². The first kappa shape index (κ1) is 25.2. The second-order valence-electron chi connectivity index (χ2n) is 8.62. The zero-order valence-electron chi connectivity index (χ0n) is 19.3. The Morgan fingerprint density at radius 3 is 2.52 bits per heavy atom. The molecule has 29 heavy (non-hydrogen) atoms. The van der Waals surface area contributed by atoms with Gasteiger partial charge in [-0.2, -0.15) is 0 Å². The number of amides is 1. The summed E-state index contributed by atoms with van der Waals surface area (Å²) >= 11 is 1.61. The molecule has 0 atom stereocenters. The maximum Gasteiger partial charge on any atom is 0.408 e. The molecule has 1 aromatic rings. The molecular weight excluding hydrogens is 382 g/mol. The molecule has 1 N–H and O–H groups in total. The summed E-state index contributed by atoms with van der Waals surface area (Å²) in [6.45, 7) is 20.6. The van der Waals surface area contributed by atoms with Crippen LogP contribution in [0, 0.1) is 12.8 Å². The normalized spacial score (nSPS) is 12.2. The third kappa shape index (κ3) is 9.48. The van der Waals surface area contributed by atoms with E-state index in [0.717, 1.165) is 35.5 Å². The van der Waals surface area contributed by atoms with E-state index in [1.165, 1.54) is 11.1 Å². The Balaban J connectivity index is 3.05. The van der Waals surface area contributed by atoms with Crippen LogP contribution in [-0.2, 0) is 17.7 Å². The van der Waals surface area contributed by atoms with E-state index >= 15 is 0 Å². The second-order valence-corrected chi connectivity index (χ2v) is 9.48. The summed E-state index contributed by atoms with van der Waals surface area (Å²) in [6, 6.07) is 0. The Morgan fingerprint density at radius 1 is 1.31 bits per heavy atom. The van der Waals surface area contributed by atoms with E-state index in [1.54, 1.807) is 11.8 Å². The zero-order chi connectivity index (χ0) is 22.2. The van der Waals surface area contributed by atoms with E-state index in [2.05, 4.69) is 56.9 Å². The summed E-state index contributed by atoms with van der Waals surface area (Å²) in [5, 5.41) is 5.83. The molecule has 1 heterocycles. The number of ether oxygens (including phenoxy) is 1. The number of nitrogens with zero attached hydrogens (tertiary/aromatic N) is 2. The number of hydrogen-bond acceptors (Lipinski definition) is 5. The number of alkyl carbamates (subject to hydrolysis) is 1. The molecule has 1 rings (SSSR count). The first-order valence-corrected chi connectivity index (χ1v) is 11.1. The van der Waals surface area contributed by atoms with E-state index in [4.69, 9.17) is 9.72 Å². The van der Waals surface area contributed by atoms with Gasteiger partial charge in [-0.15, -0.1) is 0 Å². The molecule has 0 aliphatic heterocycles. The van der Waals surface area contributed by atoms with Gasteiger partial charge in [0.25, 0.3) is 0 Å². The molecule has 6 heteroatoms. The van der Waals surface area contributed by atoms with E-state index in [0.29, 0.717) is 11.7 Å². The van der Waals surface area contributed by atoms with Crippen molar-refractivity contribution in [3.8, 4) is 0 Å². The maximum absolute atomic E-state index is 12.0. The maximum atomic E-state index is 12.0. The Morgan fingerprint density at radius 2 is 1.97 bits per heavy atom. The van der Waals surface area contributed by atoms with Crippen LogP contribution >= 0.6 is 11.8 Å². The number of nitrogens with one attached hydrogen (secondary N) is 1. The van der Waals surface area contributed by atoms with Gasteiger partial charge >= 0.3 is 6.09 Å². The molecule has 1 aromatic heterocycles. The molecule has 0 bridgehead atoms. The summed E-state index contributed by atoms with van der Waals surface area (Å²) in [4.78, 5) is 21.4. The van der Waals surface area contributed by atoms with Gasteiger partial charge in [-0.25, -0.2) is 14.8 Å². The largest absolute Gasteiger partial charge is 0.444 e. The van der Waals surface area contributed by atoms with Crippen molar-refractivity contribution in [3.63, 3.8) is 0 Å². The van der Waals surface area contributed by atoms with Crippen molar-refractivity contribution in [2.24, 2.45) is 5.92 Å². The van der Waals surface area contributed by atoms with Crippen molar-refractivity contribution in [3.05, 3.63) is 40.2 Å². The molecule has 162 valence electrons. The SMILES string of the molecule is C=C(CCc1nc(CNC(=O)OC(C)(C)C)nc(S/C=C(\C)CC)c1C)C(C)C. The van der Waals surface area contributed by atoms with Gasteiger partial charge in [0.15, 0.2) is 0 Å². The van der Waals surface area contributed by atoms with Crippen LogP contribution in [0.3, 0.4) is 0 Å². The van der Waals surface area contributed by atoms with Crippen LogP contribution in [0.15, 0.2) is 28.2 Å². The monoisotopic (exact) mass is 419 g/mol. The summed E-state index contributed by atoms with van der Waals surface area (Å²) in [7, 11) is 0. The third-order valence-corrected chi connectivity index (χ3v) is 5.61. The summed E-state index contributed by atoms with van der Waals surface area (Å²) in [6.07, 6.45) is 2.25. The van der Waals surface area contributed by atoms with Crippen LogP contribution in [0.25, 0.3) is 0 Å². The number of allylic oxidation sites excluding steroid dienone is 2. The second kappa shape index (κ2) is 11.4. The van der Waals surface area contributed by atoms with Crippen LogP contribution in [0.4, 0.5) is 4.79 Å². The van der Waals surface area contributed by atoms with Crippen molar-refractivity contribution in [1.82, 2.24) is 15.3 Å². The van der Waals surface area contributed by atoms with E-state index in [-0.39, 0.29) is 6.54 Å². The van der Waals surface area contributed by atoms with Crippen LogP contribution in [0.1, 0.15) is 78.4 Å². The van der Waals surface area contributed by atoms with Crippen molar-refractivity contribution in [2.45, 2.75) is 91.8 Å². The Labute approximate surface area is 180 Å². The third-order valence-electron chi connectivity index (χ3n) is 4.47. The molecule has 0 unspecified atom stereocenters. The lowest BCUT2D eigenvalue weighted by atomic mass is 9.98. The van der Waals surface area contributed by atoms with Crippen LogP contribution in [0.2, 0.25) is 0 Å². The Hall–Kier alpha value is -1.82. The van der Waals surface area contributed by atoms with Gasteiger partial charge in [0.1, 0.15) is 16.5 Å². The van der Waals surface area contributed by atoms with E-state index < -0.39 is 11.7 Å². The average molecular weight is 420 g/mol. The van der Waals surface area contributed by atoms with Crippen molar-refractivity contribution < 1.29 is 9.53 Å². The molecule has 1 amide bonds. The van der Waals surface area contributed by atoms with E-state index in [9.17, 15) is 4.79 Å². The van der Waals surface area contributed by atoms with Gasteiger partial charge < -0.3 is 10.1 Å². The molecule has 5 nitrogen and oxygen atoms in total. The van der Waals surface area contributed by atoms with Crippen molar-refractivity contribution in [2.75, 3.05) is 0 Å². The molecule has 0 saturated heterocycles. The fourth-order valence-electron chi connectivity index (χ4n) is 2.30. The molecule has 0 saturated carbocycles. The van der Waals surface area contributed by atoms with E-state index in [1.807, 2.05) is 20.8 Å². The summed E-state index contributed by atoms with van der Waals surface area (Å²) < 4.78 is 5.31. The highest BCUT2D eigenvalue weighted by Gasteiger charge is 2.17. The predicted molar refractivity (Wildman–Crippen MR) is 122 cm³/mol. The van der Waals surface area contributed by atoms with Gasteiger partial charge in [-0.05, 0) is 65.2 Å². The van der Waals surface area contributed by atoms with Gasteiger partial charge in [-0.1, -0.05) is 50.3 Å².